The summed E-state index contributed by atoms with van der Waals surface area (Å²) in [5.74, 6) is -1.21. The molecular formula is C19H15F2N3. The summed E-state index contributed by atoms with van der Waals surface area (Å²) in [5, 5.41) is 8.71. The van der Waals surface area contributed by atoms with Gasteiger partial charge in [0.15, 0.2) is 11.6 Å². The average molecular weight is 323 g/mol. The van der Waals surface area contributed by atoms with E-state index in [1.54, 1.807) is 0 Å². The van der Waals surface area contributed by atoms with Crippen LogP contribution in [0.25, 0.3) is 23.2 Å². The predicted molar refractivity (Wildman–Crippen MR) is 89.9 cm³/mol. The molecule has 3 aromatic rings. The van der Waals surface area contributed by atoms with Crippen LogP contribution in [-0.2, 0) is 6.54 Å². The van der Waals surface area contributed by atoms with E-state index in [9.17, 15) is 8.78 Å². The number of nitrogens with zero attached hydrogens (tertiary/aromatic N) is 3. The third-order valence-corrected chi connectivity index (χ3v) is 3.71. The van der Waals surface area contributed by atoms with Gasteiger partial charge in [0.2, 0.25) is 0 Å². The number of hydrogen-bond donors (Lipinski definition) is 0. The van der Waals surface area contributed by atoms with Gasteiger partial charge in [0.25, 0.3) is 0 Å². The maximum atomic E-state index is 13.6. The van der Waals surface area contributed by atoms with E-state index >= 15 is 0 Å². The molecule has 24 heavy (non-hydrogen) atoms. The highest BCUT2D eigenvalue weighted by atomic mass is 19.2. The van der Waals surface area contributed by atoms with Crippen LogP contribution in [0.4, 0.5) is 8.78 Å². The molecule has 3 rings (SSSR count). The Morgan fingerprint density at radius 3 is 2.58 bits per heavy atom. The van der Waals surface area contributed by atoms with Gasteiger partial charge in [0, 0.05) is 25.1 Å². The molecule has 0 atom stereocenters. The van der Waals surface area contributed by atoms with E-state index in [2.05, 4.69) is 11.1 Å². The minimum absolute atomic E-state index is 0.394. The van der Waals surface area contributed by atoms with Crippen molar-refractivity contribution < 1.29 is 8.78 Å². The summed E-state index contributed by atoms with van der Waals surface area (Å²) in [7, 11) is 0. The summed E-state index contributed by atoms with van der Waals surface area (Å²) in [6.45, 7) is 0.517. The number of unbranched alkanes of at least 4 members (excludes halogenated alkanes) is 1. The number of aromatic nitrogens is 2. The summed E-state index contributed by atoms with van der Waals surface area (Å²) in [5.41, 5.74) is 1.93. The fourth-order valence-electron chi connectivity index (χ4n) is 2.55. The quantitative estimate of drug-likeness (QED) is 0.634. The summed E-state index contributed by atoms with van der Waals surface area (Å²) < 4.78 is 28.9. The Hall–Kier alpha value is -3.00. The Bertz CT molecular complexity index is 921. The van der Waals surface area contributed by atoms with Crippen molar-refractivity contribution in [2.45, 2.75) is 19.4 Å². The van der Waals surface area contributed by atoms with E-state index in [1.165, 1.54) is 0 Å². The molecule has 120 valence electrons. The molecule has 5 heteroatoms. The summed E-state index contributed by atoms with van der Waals surface area (Å²) in [6, 6.07) is 14.1. The first-order valence-electron chi connectivity index (χ1n) is 7.64. The Labute approximate surface area is 138 Å². The molecule has 3 nitrogen and oxygen atoms in total. The molecule has 0 N–H and O–H groups in total. The van der Waals surface area contributed by atoms with E-state index in [1.807, 2.05) is 47.1 Å². The van der Waals surface area contributed by atoms with Crippen molar-refractivity contribution in [3.05, 3.63) is 65.5 Å². The SMILES string of the molecule is N#CCCCn1c(/C=C/c2ccccc2)nc2cc(F)c(F)cc21. The minimum atomic E-state index is -0.914. The number of benzene rings is 2. The van der Waals surface area contributed by atoms with Crippen molar-refractivity contribution in [1.29, 1.82) is 5.26 Å². The normalized spacial score (nSPS) is 11.2. The smallest absolute Gasteiger partial charge is 0.161 e. The molecule has 0 amide bonds. The number of imidazole rings is 1. The van der Waals surface area contributed by atoms with E-state index in [0.29, 0.717) is 36.2 Å². The third-order valence-electron chi connectivity index (χ3n) is 3.71. The largest absolute Gasteiger partial charge is 0.324 e. The lowest BCUT2D eigenvalue weighted by Gasteiger charge is -2.05. The zero-order chi connectivity index (χ0) is 16.9. The molecule has 0 radical (unpaired) electrons. The van der Waals surface area contributed by atoms with Crippen molar-refractivity contribution in [3.63, 3.8) is 0 Å². The molecular weight excluding hydrogens is 308 g/mol. The molecule has 0 aliphatic rings. The van der Waals surface area contributed by atoms with Gasteiger partial charge < -0.3 is 4.57 Å². The fourth-order valence-corrected chi connectivity index (χ4v) is 2.55. The molecule has 0 aliphatic heterocycles. The van der Waals surface area contributed by atoms with Crippen LogP contribution in [0.3, 0.4) is 0 Å². The maximum Gasteiger partial charge on any atom is 0.161 e. The number of nitriles is 1. The molecule has 0 aliphatic carbocycles. The second-order valence-corrected chi connectivity index (χ2v) is 5.38. The lowest BCUT2D eigenvalue weighted by molar-refractivity contribution is 0.510. The van der Waals surface area contributed by atoms with Crippen LogP contribution >= 0.6 is 0 Å². The van der Waals surface area contributed by atoms with E-state index in [0.717, 1.165) is 17.7 Å². The minimum Gasteiger partial charge on any atom is -0.324 e. The van der Waals surface area contributed by atoms with Crippen molar-refractivity contribution >= 4 is 23.2 Å². The molecule has 0 saturated carbocycles. The van der Waals surface area contributed by atoms with Crippen molar-refractivity contribution in [2.24, 2.45) is 0 Å². The van der Waals surface area contributed by atoms with E-state index in [-0.39, 0.29) is 0 Å². The summed E-state index contributed by atoms with van der Waals surface area (Å²) in [6.07, 6.45) is 4.73. The van der Waals surface area contributed by atoms with Gasteiger partial charge in [0.1, 0.15) is 5.82 Å². The highest BCUT2D eigenvalue weighted by molar-refractivity contribution is 5.80. The van der Waals surface area contributed by atoms with Gasteiger partial charge in [-0.2, -0.15) is 5.26 Å². The third kappa shape index (κ3) is 3.33. The van der Waals surface area contributed by atoms with Gasteiger partial charge in [-0.1, -0.05) is 36.4 Å². The number of hydrogen-bond acceptors (Lipinski definition) is 2. The van der Waals surface area contributed by atoms with Crippen LogP contribution in [0.15, 0.2) is 42.5 Å². The van der Waals surface area contributed by atoms with Crippen molar-refractivity contribution in [1.82, 2.24) is 9.55 Å². The van der Waals surface area contributed by atoms with Gasteiger partial charge in [0.05, 0.1) is 17.1 Å². The van der Waals surface area contributed by atoms with Crippen LogP contribution in [0.2, 0.25) is 0 Å². The zero-order valence-electron chi connectivity index (χ0n) is 12.9. The van der Waals surface area contributed by atoms with E-state index in [4.69, 9.17) is 5.26 Å². The van der Waals surface area contributed by atoms with Crippen molar-refractivity contribution in [3.8, 4) is 6.07 Å². The lowest BCUT2D eigenvalue weighted by atomic mass is 10.2. The second-order valence-electron chi connectivity index (χ2n) is 5.38. The van der Waals surface area contributed by atoms with E-state index < -0.39 is 11.6 Å². The molecule has 0 bridgehead atoms. The first-order chi connectivity index (χ1) is 11.7. The highest BCUT2D eigenvalue weighted by Gasteiger charge is 2.12. The Morgan fingerprint density at radius 2 is 1.83 bits per heavy atom. The van der Waals surface area contributed by atoms with Gasteiger partial charge >= 0.3 is 0 Å². The second kappa shape index (κ2) is 7.05. The number of fused-ring (bicyclic) bond motifs is 1. The number of rotatable bonds is 5. The first kappa shape index (κ1) is 15.9. The number of aryl methyl sites for hydroxylation is 1. The van der Waals surface area contributed by atoms with Crippen LogP contribution in [0.5, 0.6) is 0 Å². The highest BCUT2D eigenvalue weighted by Crippen LogP contribution is 2.22. The Morgan fingerprint density at radius 1 is 1.08 bits per heavy atom. The topological polar surface area (TPSA) is 41.6 Å². The standard InChI is InChI=1S/C19H15F2N3/c20-15-12-17-18(13-16(15)21)24(11-5-4-10-22)19(23-17)9-8-14-6-2-1-3-7-14/h1-3,6-9,12-13H,4-5,11H2/b9-8+. The number of halogens is 2. The summed E-state index contributed by atoms with van der Waals surface area (Å²) >= 11 is 0. The molecule has 0 saturated heterocycles. The lowest BCUT2D eigenvalue weighted by Crippen LogP contribution is -2.01. The molecule has 2 aromatic carbocycles. The Balaban J connectivity index is 2.03. The van der Waals surface area contributed by atoms with Crippen LogP contribution in [-0.4, -0.2) is 9.55 Å². The molecule has 1 heterocycles. The maximum absolute atomic E-state index is 13.6. The molecule has 0 unspecified atom stereocenters. The van der Waals surface area contributed by atoms with Gasteiger partial charge in [-0.05, 0) is 18.1 Å². The van der Waals surface area contributed by atoms with Crippen LogP contribution in [0, 0.1) is 23.0 Å². The van der Waals surface area contributed by atoms with Gasteiger partial charge in [-0.15, -0.1) is 0 Å². The Kier molecular flexibility index (Phi) is 4.66. The summed E-state index contributed by atoms with van der Waals surface area (Å²) in [4.78, 5) is 4.40. The van der Waals surface area contributed by atoms with Gasteiger partial charge in [-0.25, -0.2) is 13.8 Å². The first-order valence-corrected chi connectivity index (χ1v) is 7.64. The molecule has 1 aromatic heterocycles. The van der Waals surface area contributed by atoms with Crippen LogP contribution < -0.4 is 0 Å². The van der Waals surface area contributed by atoms with Crippen LogP contribution in [0.1, 0.15) is 24.2 Å². The van der Waals surface area contributed by atoms with Gasteiger partial charge in [-0.3, -0.25) is 0 Å². The zero-order valence-corrected chi connectivity index (χ0v) is 12.9. The fraction of sp³-hybridized carbons (Fsp3) is 0.158. The molecule has 0 fully saturated rings. The monoisotopic (exact) mass is 323 g/mol. The predicted octanol–water partition coefficient (Wildman–Crippen LogP) is 4.79. The molecule has 0 spiro atoms. The average Bonchev–Trinajstić information content (AvgIpc) is 2.91. The van der Waals surface area contributed by atoms with Crippen molar-refractivity contribution in [2.75, 3.05) is 0 Å².